The number of halogens is 1. The number of hydrogen-bond donors (Lipinski definition) is 0. The topological polar surface area (TPSA) is 91.2 Å². The van der Waals surface area contributed by atoms with Gasteiger partial charge in [0, 0.05) is 0 Å². The Bertz CT molecular complexity index is 661. The van der Waals surface area contributed by atoms with E-state index < -0.39 is 4.92 Å². The van der Waals surface area contributed by atoms with Gasteiger partial charge in [-0.2, -0.15) is 0 Å². The standard InChI is InChI=1S/C10H8BrN3O4/c1-6-9(11)10(15)13(5-12-6)4-7-2-3-8(18-7)14(16)17/h2-3,5H,4H2,1H3. The largest absolute Gasteiger partial charge is 0.433 e. The molecule has 0 aromatic carbocycles. The van der Waals surface area contributed by atoms with Gasteiger partial charge >= 0.3 is 5.88 Å². The summed E-state index contributed by atoms with van der Waals surface area (Å²) in [6.07, 6.45) is 1.37. The van der Waals surface area contributed by atoms with Gasteiger partial charge < -0.3 is 4.42 Å². The molecule has 0 aliphatic rings. The third-order valence-electron chi connectivity index (χ3n) is 2.31. The van der Waals surface area contributed by atoms with E-state index in [1.807, 2.05) is 0 Å². The highest BCUT2D eigenvalue weighted by atomic mass is 79.9. The number of rotatable bonds is 3. The first-order valence-electron chi connectivity index (χ1n) is 4.93. The Labute approximate surface area is 109 Å². The third kappa shape index (κ3) is 2.33. The van der Waals surface area contributed by atoms with Crippen molar-refractivity contribution in [1.29, 1.82) is 0 Å². The molecule has 0 bridgehead atoms. The number of nitrogens with zero attached hydrogens (tertiary/aromatic N) is 3. The third-order valence-corrected chi connectivity index (χ3v) is 3.22. The first-order chi connectivity index (χ1) is 8.49. The van der Waals surface area contributed by atoms with Crippen LogP contribution in [0.2, 0.25) is 0 Å². The van der Waals surface area contributed by atoms with Gasteiger partial charge in [0.05, 0.1) is 24.6 Å². The Morgan fingerprint density at radius 2 is 2.28 bits per heavy atom. The molecule has 0 N–H and O–H groups in total. The minimum atomic E-state index is -0.629. The van der Waals surface area contributed by atoms with E-state index in [9.17, 15) is 14.9 Å². The van der Waals surface area contributed by atoms with Crippen LogP contribution >= 0.6 is 15.9 Å². The van der Waals surface area contributed by atoms with Crippen molar-refractivity contribution in [2.75, 3.05) is 0 Å². The average Bonchev–Trinajstić information content (AvgIpc) is 2.79. The molecule has 0 fully saturated rings. The Morgan fingerprint density at radius 3 is 2.89 bits per heavy atom. The van der Waals surface area contributed by atoms with E-state index in [2.05, 4.69) is 20.9 Å². The smallest absolute Gasteiger partial charge is 0.404 e. The van der Waals surface area contributed by atoms with Crippen LogP contribution in [-0.2, 0) is 6.54 Å². The van der Waals surface area contributed by atoms with Gasteiger partial charge in [0.2, 0.25) is 0 Å². The van der Waals surface area contributed by atoms with Crippen molar-refractivity contribution in [3.63, 3.8) is 0 Å². The fourth-order valence-electron chi connectivity index (χ4n) is 1.38. The summed E-state index contributed by atoms with van der Waals surface area (Å²) in [6, 6.07) is 2.70. The molecule has 0 saturated carbocycles. The highest BCUT2D eigenvalue weighted by Gasteiger charge is 2.13. The number of aryl methyl sites for hydroxylation is 1. The second-order valence-corrected chi connectivity index (χ2v) is 4.37. The summed E-state index contributed by atoms with van der Waals surface area (Å²) < 4.78 is 6.64. The van der Waals surface area contributed by atoms with Crippen LogP contribution in [-0.4, -0.2) is 14.5 Å². The SMILES string of the molecule is Cc1ncn(Cc2ccc([N+](=O)[O-])o2)c(=O)c1Br. The molecule has 94 valence electrons. The van der Waals surface area contributed by atoms with Crippen LogP contribution in [0.25, 0.3) is 0 Å². The van der Waals surface area contributed by atoms with Crippen LogP contribution < -0.4 is 5.56 Å². The Balaban J connectivity index is 2.31. The molecule has 8 heteroatoms. The monoisotopic (exact) mass is 313 g/mol. The van der Waals surface area contributed by atoms with Crippen LogP contribution in [0.15, 0.2) is 32.1 Å². The molecule has 18 heavy (non-hydrogen) atoms. The van der Waals surface area contributed by atoms with Gasteiger partial charge in [-0.05, 0) is 28.9 Å². The molecule has 0 aliphatic heterocycles. The molecule has 0 unspecified atom stereocenters. The molecule has 0 saturated heterocycles. The van der Waals surface area contributed by atoms with Crippen molar-refractivity contribution >= 4 is 21.8 Å². The maximum Gasteiger partial charge on any atom is 0.433 e. The first kappa shape index (κ1) is 12.5. The van der Waals surface area contributed by atoms with Gasteiger partial charge in [-0.15, -0.1) is 0 Å². The van der Waals surface area contributed by atoms with Crippen molar-refractivity contribution in [2.45, 2.75) is 13.5 Å². The lowest BCUT2D eigenvalue weighted by atomic mass is 10.4. The molecule has 0 spiro atoms. The zero-order chi connectivity index (χ0) is 13.3. The number of hydrogen-bond acceptors (Lipinski definition) is 5. The van der Waals surface area contributed by atoms with Gasteiger partial charge in [-0.25, -0.2) is 4.98 Å². The Morgan fingerprint density at radius 1 is 1.56 bits per heavy atom. The molecular formula is C10H8BrN3O4. The minimum Gasteiger partial charge on any atom is -0.404 e. The fraction of sp³-hybridized carbons (Fsp3) is 0.200. The summed E-state index contributed by atoms with van der Waals surface area (Å²) in [5, 5.41) is 10.5. The lowest BCUT2D eigenvalue weighted by molar-refractivity contribution is -0.402. The molecule has 0 radical (unpaired) electrons. The van der Waals surface area contributed by atoms with Gasteiger partial charge in [0.25, 0.3) is 5.56 Å². The molecule has 2 aromatic rings. The zero-order valence-corrected chi connectivity index (χ0v) is 10.9. The molecule has 2 aromatic heterocycles. The zero-order valence-electron chi connectivity index (χ0n) is 9.29. The number of nitro groups is 1. The number of aromatic nitrogens is 2. The highest BCUT2D eigenvalue weighted by Crippen LogP contribution is 2.16. The van der Waals surface area contributed by atoms with Crippen molar-refractivity contribution in [1.82, 2.24) is 9.55 Å². The predicted molar refractivity (Wildman–Crippen MR) is 65.4 cm³/mol. The average molecular weight is 314 g/mol. The van der Waals surface area contributed by atoms with Crippen LogP contribution in [0.1, 0.15) is 11.5 Å². The minimum absolute atomic E-state index is 0.0958. The van der Waals surface area contributed by atoms with E-state index in [0.717, 1.165) is 0 Å². The van der Waals surface area contributed by atoms with Crippen LogP contribution in [0.3, 0.4) is 0 Å². The van der Waals surface area contributed by atoms with Crippen molar-refractivity contribution in [3.05, 3.63) is 54.9 Å². The van der Waals surface area contributed by atoms with Crippen molar-refractivity contribution in [3.8, 4) is 0 Å². The molecule has 7 nitrogen and oxygen atoms in total. The van der Waals surface area contributed by atoms with Crippen LogP contribution in [0, 0.1) is 17.0 Å². The van der Waals surface area contributed by atoms with E-state index in [1.54, 1.807) is 6.92 Å². The normalized spacial score (nSPS) is 10.6. The summed E-state index contributed by atoms with van der Waals surface area (Å²) in [5.41, 5.74) is 0.322. The molecule has 0 aliphatic carbocycles. The molecule has 0 atom stereocenters. The molecular weight excluding hydrogens is 306 g/mol. The maximum absolute atomic E-state index is 11.8. The number of furan rings is 1. The molecule has 2 heterocycles. The molecule has 0 amide bonds. The first-order valence-corrected chi connectivity index (χ1v) is 5.73. The fourth-order valence-corrected chi connectivity index (χ4v) is 1.71. The summed E-state index contributed by atoms with van der Waals surface area (Å²) in [5.74, 6) is -0.0291. The second kappa shape index (κ2) is 4.73. The van der Waals surface area contributed by atoms with Crippen LogP contribution in [0.4, 0.5) is 5.88 Å². The van der Waals surface area contributed by atoms with Gasteiger partial charge in [-0.1, -0.05) is 0 Å². The summed E-state index contributed by atoms with van der Waals surface area (Å²) in [4.78, 5) is 25.7. The Kier molecular flexibility index (Phi) is 3.28. The Hall–Kier alpha value is -1.96. The van der Waals surface area contributed by atoms with Crippen LogP contribution in [0.5, 0.6) is 0 Å². The van der Waals surface area contributed by atoms with Crippen molar-refractivity contribution < 1.29 is 9.34 Å². The quantitative estimate of drug-likeness (QED) is 0.637. The van der Waals surface area contributed by atoms with Gasteiger partial charge in [0.1, 0.15) is 15.2 Å². The van der Waals surface area contributed by atoms with E-state index >= 15 is 0 Å². The highest BCUT2D eigenvalue weighted by molar-refractivity contribution is 9.10. The molecule has 2 rings (SSSR count). The summed E-state index contributed by atoms with van der Waals surface area (Å²) in [7, 11) is 0. The predicted octanol–water partition coefficient (Wildman–Crippen LogP) is 1.86. The van der Waals surface area contributed by atoms with Gasteiger partial charge in [-0.3, -0.25) is 19.5 Å². The lowest BCUT2D eigenvalue weighted by Gasteiger charge is -2.04. The maximum atomic E-state index is 11.8. The summed E-state index contributed by atoms with van der Waals surface area (Å²) in [6.45, 7) is 1.80. The second-order valence-electron chi connectivity index (χ2n) is 3.57. The van der Waals surface area contributed by atoms with E-state index in [4.69, 9.17) is 4.42 Å². The lowest BCUT2D eigenvalue weighted by Crippen LogP contribution is -2.22. The van der Waals surface area contributed by atoms with E-state index in [-0.39, 0.29) is 18.0 Å². The van der Waals surface area contributed by atoms with E-state index in [1.165, 1.54) is 23.0 Å². The van der Waals surface area contributed by atoms with Gasteiger partial charge in [0.15, 0.2) is 0 Å². The van der Waals surface area contributed by atoms with Crippen molar-refractivity contribution in [2.24, 2.45) is 0 Å². The summed E-state index contributed by atoms with van der Waals surface area (Å²) >= 11 is 3.14. The van der Waals surface area contributed by atoms with E-state index in [0.29, 0.717) is 15.9 Å².